The lowest BCUT2D eigenvalue weighted by molar-refractivity contribution is 0.237. The lowest BCUT2D eigenvalue weighted by Crippen LogP contribution is -2.38. The van der Waals surface area contributed by atoms with Gasteiger partial charge in [0.25, 0.3) is 5.56 Å². The molecule has 2 heterocycles. The van der Waals surface area contributed by atoms with Crippen LogP contribution in [0.2, 0.25) is 0 Å². The third kappa shape index (κ3) is 4.19. The summed E-state index contributed by atoms with van der Waals surface area (Å²) in [7, 11) is 0. The number of hydrogen-bond donors (Lipinski definition) is 3. The number of nitrogens with zero attached hydrogens (tertiary/aromatic N) is 1. The summed E-state index contributed by atoms with van der Waals surface area (Å²) in [5.41, 5.74) is 3.03. The van der Waals surface area contributed by atoms with Crippen molar-refractivity contribution in [1.82, 2.24) is 20.6 Å². The SMILES string of the molecule is Cc1cc(C)c(CNC(=O)N[C@H](C)c2sc(C)nc2C)c(=O)[nH]1. The number of amides is 2. The zero-order chi connectivity index (χ0) is 17.1. The van der Waals surface area contributed by atoms with E-state index < -0.39 is 0 Å². The van der Waals surface area contributed by atoms with Crippen LogP contribution in [0.4, 0.5) is 4.79 Å². The Morgan fingerprint density at radius 3 is 2.61 bits per heavy atom. The topological polar surface area (TPSA) is 86.9 Å². The van der Waals surface area contributed by atoms with Crippen LogP contribution in [-0.4, -0.2) is 16.0 Å². The summed E-state index contributed by atoms with van der Waals surface area (Å²) in [6.45, 7) is 9.69. The maximum atomic E-state index is 12.1. The average Bonchev–Trinajstić information content (AvgIpc) is 2.76. The Labute approximate surface area is 139 Å². The van der Waals surface area contributed by atoms with E-state index in [1.165, 1.54) is 0 Å². The van der Waals surface area contributed by atoms with Crippen molar-refractivity contribution in [3.05, 3.63) is 48.8 Å². The third-order valence-corrected chi connectivity index (χ3v) is 4.86. The molecule has 0 aliphatic carbocycles. The van der Waals surface area contributed by atoms with E-state index in [1.54, 1.807) is 11.3 Å². The minimum atomic E-state index is -0.303. The zero-order valence-corrected chi connectivity index (χ0v) is 14.9. The summed E-state index contributed by atoms with van der Waals surface area (Å²) in [6.07, 6.45) is 0. The van der Waals surface area contributed by atoms with Gasteiger partial charge in [0, 0.05) is 16.1 Å². The molecule has 0 aliphatic rings. The molecule has 0 bridgehead atoms. The second-order valence-electron chi connectivity index (χ2n) is 5.67. The first-order valence-electron chi connectivity index (χ1n) is 7.45. The number of nitrogens with one attached hydrogen (secondary N) is 3. The van der Waals surface area contributed by atoms with Crippen LogP contribution in [-0.2, 0) is 6.54 Å². The lowest BCUT2D eigenvalue weighted by atomic mass is 10.1. The summed E-state index contributed by atoms with van der Waals surface area (Å²) in [4.78, 5) is 32.1. The molecule has 2 aromatic rings. The first-order valence-corrected chi connectivity index (χ1v) is 8.27. The minimum absolute atomic E-state index is 0.126. The van der Waals surface area contributed by atoms with E-state index in [4.69, 9.17) is 0 Å². The molecule has 7 heteroatoms. The van der Waals surface area contributed by atoms with Crippen molar-refractivity contribution in [3.8, 4) is 0 Å². The molecule has 0 aliphatic heterocycles. The molecule has 1 atom stereocenters. The van der Waals surface area contributed by atoms with Gasteiger partial charge in [-0.05, 0) is 46.2 Å². The van der Waals surface area contributed by atoms with Crippen molar-refractivity contribution < 1.29 is 4.79 Å². The van der Waals surface area contributed by atoms with Gasteiger partial charge in [0.2, 0.25) is 0 Å². The number of thiazole rings is 1. The maximum Gasteiger partial charge on any atom is 0.315 e. The number of pyridine rings is 1. The highest BCUT2D eigenvalue weighted by molar-refractivity contribution is 7.11. The van der Waals surface area contributed by atoms with Gasteiger partial charge < -0.3 is 15.6 Å². The molecule has 23 heavy (non-hydrogen) atoms. The molecule has 0 spiro atoms. The van der Waals surface area contributed by atoms with Crippen molar-refractivity contribution in [1.29, 1.82) is 0 Å². The van der Waals surface area contributed by atoms with Crippen LogP contribution < -0.4 is 16.2 Å². The van der Waals surface area contributed by atoms with E-state index in [9.17, 15) is 9.59 Å². The summed E-state index contributed by atoms with van der Waals surface area (Å²) < 4.78 is 0. The van der Waals surface area contributed by atoms with Crippen LogP contribution in [0.3, 0.4) is 0 Å². The van der Waals surface area contributed by atoms with Crippen molar-refractivity contribution >= 4 is 17.4 Å². The van der Waals surface area contributed by atoms with Gasteiger partial charge >= 0.3 is 6.03 Å². The van der Waals surface area contributed by atoms with Gasteiger partial charge in [0.1, 0.15) is 0 Å². The number of aromatic amines is 1. The fraction of sp³-hybridized carbons (Fsp3) is 0.438. The van der Waals surface area contributed by atoms with Crippen LogP contribution in [0.25, 0.3) is 0 Å². The smallest absolute Gasteiger partial charge is 0.315 e. The van der Waals surface area contributed by atoms with E-state index in [1.807, 2.05) is 40.7 Å². The fourth-order valence-electron chi connectivity index (χ4n) is 2.53. The number of carbonyl (C=O) groups is 1. The molecule has 3 N–H and O–H groups in total. The number of urea groups is 1. The molecule has 6 nitrogen and oxygen atoms in total. The second kappa shape index (κ2) is 6.95. The molecule has 2 aromatic heterocycles. The Bertz CT molecular complexity index is 779. The number of hydrogen-bond acceptors (Lipinski definition) is 4. The Hall–Kier alpha value is -2.15. The Balaban J connectivity index is 1.98. The van der Waals surface area contributed by atoms with E-state index in [-0.39, 0.29) is 24.2 Å². The lowest BCUT2D eigenvalue weighted by Gasteiger charge is -2.14. The standard InChI is InChI=1S/C16H22N4O2S/c1-8-6-9(2)18-15(21)13(8)7-17-16(22)20-11(4)14-10(3)19-12(5)23-14/h6,11H,7H2,1-5H3,(H,18,21)(H2,17,20,22)/t11-/m1/s1. The Kier molecular flexibility index (Phi) is 5.20. The molecule has 0 aromatic carbocycles. The summed E-state index contributed by atoms with van der Waals surface area (Å²) in [6, 6.07) is 1.46. The molecular weight excluding hydrogens is 312 g/mol. The summed E-state index contributed by atoms with van der Waals surface area (Å²) in [5.74, 6) is 0. The second-order valence-corrected chi connectivity index (χ2v) is 6.91. The van der Waals surface area contributed by atoms with Gasteiger partial charge in [-0.25, -0.2) is 9.78 Å². The van der Waals surface area contributed by atoms with Crippen molar-refractivity contribution in [2.24, 2.45) is 0 Å². The highest BCUT2D eigenvalue weighted by Gasteiger charge is 2.15. The molecular formula is C16H22N4O2S. The van der Waals surface area contributed by atoms with Crippen LogP contribution in [0.15, 0.2) is 10.9 Å². The van der Waals surface area contributed by atoms with Crippen LogP contribution >= 0.6 is 11.3 Å². The van der Waals surface area contributed by atoms with Gasteiger partial charge in [-0.3, -0.25) is 4.79 Å². The number of aromatic nitrogens is 2. The van der Waals surface area contributed by atoms with E-state index in [2.05, 4.69) is 20.6 Å². The number of rotatable bonds is 4. The van der Waals surface area contributed by atoms with E-state index in [0.717, 1.165) is 26.8 Å². The number of aryl methyl sites for hydroxylation is 4. The molecule has 124 valence electrons. The van der Waals surface area contributed by atoms with Crippen LogP contribution in [0.5, 0.6) is 0 Å². The first kappa shape index (κ1) is 17.2. The van der Waals surface area contributed by atoms with Gasteiger partial charge in [-0.15, -0.1) is 11.3 Å². The summed E-state index contributed by atoms with van der Waals surface area (Å²) >= 11 is 1.58. The first-order chi connectivity index (χ1) is 10.8. The molecule has 0 unspecified atom stereocenters. The van der Waals surface area contributed by atoms with Crippen molar-refractivity contribution in [2.75, 3.05) is 0 Å². The molecule has 0 radical (unpaired) electrons. The quantitative estimate of drug-likeness (QED) is 0.803. The number of carbonyl (C=O) groups excluding carboxylic acids is 1. The Morgan fingerprint density at radius 1 is 1.35 bits per heavy atom. The molecule has 2 amide bonds. The molecule has 0 fully saturated rings. The predicted molar refractivity (Wildman–Crippen MR) is 91.9 cm³/mol. The fourth-order valence-corrected chi connectivity index (χ4v) is 3.46. The maximum absolute atomic E-state index is 12.1. The van der Waals surface area contributed by atoms with Crippen LogP contribution in [0.1, 0.15) is 45.4 Å². The normalized spacial score (nSPS) is 12.0. The monoisotopic (exact) mass is 334 g/mol. The molecule has 0 saturated carbocycles. The van der Waals surface area contributed by atoms with Gasteiger partial charge in [0.15, 0.2) is 0 Å². The highest BCUT2D eigenvalue weighted by Crippen LogP contribution is 2.24. The average molecular weight is 334 g/mol. The third-order valence-electron chi connectivity index (χ3n) is 3.60. The van der Waals surface area contributed by atoms with E-state index >= 15 is 0 Å². The molecule has 0 saturated heterocycles. The minimum Gasteiger partial charge on any atom is -0.334 e. The largest absolute Gasteiger partial charge is 0.334 e. The molecule has 2 rings (SSSR count). The van der Waals surface area contributed by atoms with Crippen molar-refractivity contribution in [3.63, 3.8) is 0 Å². The Morgan fingerprint density at radius 2 is 2.04 bits per heavy atom. The summed E-state index contributed by atoms with van der Waals surface area (Å²) in [5, 5.41) is 6.60. The van der Waals surface area contributed by atoms with Gasteiger partial charge in [-0.2, -0.15) is 0 Å². The highest BCUT2D eigenvalue weighted by atomic mass is 32.1. The van der Waals surface area contributed by atoms with Gasteiger partial charge in [0.05, 0.1) is 23.3 Å². The number of H-pyrrole nitrogens is 1. The predicted octanol–water partition coefficient (Wildman–Crippen LogP) is 2.63. The van der Waals surface area contributed by atoms with Crippen LogP contribution in [0, 0.1) is 27.7 Å². The zero-order valence-electron chi connectivity index (χ0n) is 14.0. The van der Waals surface area contributed by atoms with Gasteiger partial charge in [-0.1, -0.05) is 0 Å². The van der Waals surface area contributed by atoms with Crippen molar-refractivity contribution in [2.45, 2.75) is 47.2 Å². The van der Waals surface area contributed by atoms with E-state index in [0.29, 0.717) is 5.56 Å².